The maximum atomic E-state index is 12.6. The maximum Gasteiger partial charge on any atom is 0.321 e. The van der Waals surface area contributed by atoms with E-state index in [1.165, 1.54) is 5.56 Å². The molecule has 0 radical (unpaired) electrons. The van der Waals surface area contributed by atoms with E-state index >= 15 is 0 Å². The van der Waals surface area contributed by atoms with E-state index in [-0.39, 0.29) is 30.2 Å². The summed E-state index contributed by atoms with van der Waals surface area (Å²) in [5, 5.41) is 5.28. The summed E-state index contributed by atoms with van der Waals surface area (Å²) in [5.41, 5.74) is 2.98. The van der Waals surface area contributed by atoms with Crippen LogP contribution < -0.4 is 10.6 Å². The average Bonchev–Trinajstić information content (AvgIpc) is 3.07. The number of amides is 4. The van der Waals surface area contributed by atoms with Crippen LogP contribution in [0.25, 0.3) is 0 Å². The standard InChI is InChI=1S/C22H24N4O3/c27-20-14-18(21(28)25-20)13-15-1-3-19(4-2-15)24-22(29)26-11-7-17(8-12-26)16-5-9-23-10-6-16/h1-6,9-10,17-18H,7-8,11-14H2,(H,24,29)(H,25,27,28). The van der Waals surface area contributed by atoms with Crippen LogP contribution in [0, 0.1) is 5.92 Å². The number of aromatic nitrogens is 1. The Morgan fingerprint density at radius 1 is 1.07 bits per heavy atom. The molecule has 0 saturated carbocycles. The Labute approximate surface area is 169 Å². The van der Waals surface area contributed by atoms with Crippen LogP contribution in [0.3, 0.4) is 0 Å². The second-order valence-electron chi connectivity index (χ2n) is 7.69. The van der Waals surface area contributed by atoms with Crippen molar-refractivity contribution >= 4 is 23.5 Å². The topological polar surface area (TPSA) is 91.4 Å². The Bertz CT molecular complexity index is 890. The van der Waals surface area contributed by atoms with Gasteiger partial charge in [-0.15, -0.1) is 0 Å². The van der Waals surface area contributed by atoms with E-state index in [0.717, 1.165) is 37.2 Å². The fourth-order valence-corrected chi connectivity index (χ4v) is 4.03. The van der Waals surface area contributed by atoms with Crippen LogP contribution in [0.4, 0.5) is 10.5 Å². The van der Waals surface area contributed by atoms with Gasteiger partial charge in [-0.1, -0.05) is 12.1 Å². The summed E-state index contributed by atoms with van der Waals surface area (Å²) < 4.78 is 0. The zero-order chi connectivity index (χ0) is 20.2. The summed E-state index contributed by atoms with van der Waals surface area (Å²) in [5.74, 6) is -0.246. The Morgan fingerprint density at radius 2 is 1.76 bits per heavy atom. The SMILES string of the molecule is O=C1CC(Cc2ccc(NC(=O)N3CCC(c4ccncc4)CC3)cc2)C(=O)N1. The van der Waals surface area contributed by atoms with Crippen molar-refractivity contribution in [3.8, 4) is 0 Å². The molecule has 0 aliphatic carbocycles. The third-order valence-electron chi connectivity index (χ3n) is 5.71. The number of benzene rings is 1. The number of anilines is 1. The number of carbonyl (C=O) groups is 3. The van der Waals surface area contributed by atoms with E-state index in [0.29, 0.717) is 12.3 Å². The predicted octanol–water partition coefficient (Wildman–Crippen LogP) is 2.70. The van der Waals surface area contributed by atoms with E-state index in [9.17, 15) is 14.4 Å². The van der Waals surface area contributed by atoms with Gasteiger partial charge in [-0.3, -0.25) is 19.9 Å². The van der Waals surface area contributed by atoms with Crippen molar-refractivity contribution in [3.63, 3.8) is 0 Å². The number of nitrogens with one attached hydrogen (secondary N) is 2. The van der Waals surface area contributed by atoms with E-state index in [1.807, 2.05) is 53.7 Å². The first-order chi connectivity index (χ1) is 14.1. The molecule has 4 amide bonds. The molecule has 0 bridgehead atoms. The molecule has 2 aliphatic heterocycles. The summed E-state index contributed by atoms with van der Waals surface area (Å²) in [7, 11) is 0. The highest BCUT2D eigenvalue weighted by atomic mass is 16.2. The molecule has 1 aromatic carbocycles. The van der Waals surface area contributed by atoms with Crippen LogP contribution in [0.5, 0.6) is 0 Å². The first kappa shape index (κ1) is 19.1. The van der Waals surface area contributed by atoms with Crippen LogP contribution in [-0.2, 0) is 16.0 Å². The number of nitrogens with zero attached hydrogens (tertiary/aromatic N) is 2. The smallest absolute Gasteiger partial charge is 0.321 e. The molecule has 1 unspecified atom stereocenters. The van der Waals surface area contributed by atoms with Crippen LogP contribution in [-0.4, -0.2) is 40.8 Å². The molecular formula is C22H24N4O3. The number of carbonyl (C=O) groups excluding carboxylic acids is 3. The lowest BCUT2D eigenvalue weighted by Crippen LogP contribution is -2.40. The zero-order valence-corrected chi connectivity index (χ0v) is 16.1. The van der Waals surface area contributed by atoms with Gasteiger partial charge in [0.15, 0.2) is 0 Å². The molecule has 2 N–H and O–H groups in total. The number of piperidine rings is 1. The van der Waals surface area contributed by atoms with Crippen LogP contribution in [0.15, 0.2) is 48.8 Å². The van der Waals surface area contributed by atoms with Gasteiger partial charge in [0.2, 0.25) is 11.8 Å². The van der Waals surface area contributed by atoms with Crippen molar-refractivity contribution in [3.05, 3.63) is 59.9 Å². The van der Waals surface area contributed by atoms with Gasteiger partial charge in [0, 0.05) is 37.6 Å². The normalized spacial score (nSPS) is 19.9. The summed E-state index contributed by atoms with van der Waals surface area (Å²) in [6.07, 6.45) is 6.28. The number of pyridine rings is 1. The van der Waals surface area contributed by atoms with Crippen LogP contribution >= 0.6 is 0 Å². The molecule has 3 heterocycles. The van der Waals surface area contributed by atoms with Gasteiger partial charge in [0.05, 0.1) is 5.92 Å². The second kappa shape index (κ2) is 8.43. The Hall–Kier alpha value is -3.22. The summed E-state index contributed by atoms with van der Waals surface area (Å²) >= 11 is 0. The van der Waals surface area contributed by atoms with Crippen molar-refractivity contribution in [2.24, 2.45) is 5.92 Å². The predicted molar refractivity (Wildman–Crippen MR) is 108 cm³/mol. The van der Waals surface area contributed by atoms with E-state index in [4.69, 9.17) is 0 Å². The number of rotatable bonds is 4. The molecule has 150 valence electrons. The van der Waals surface area contributed by atoms with Crippen molar-refractivity contribution in [2.45, 2.75) is 31.6 Å². The lowest BCUT2D eigenvalue weighted by Gasteiger charge is -2.32. The van der Waals surface area contributed by atoms with E-state index in [1.54, 1.807) is 0 Å². The molecule has 2 aliphatic rings. The highest BCUT2D eigenvalue weighted by Gasteiger charge is 2.30. The van der Waals surface area contributed by atoms with Gasteiger partial charge in [-0.2, -0.15) is 0 Å². The van der Waals surface area contributed by atoms with Gasteiger partial charge in [0.1, 0.15) is 0 Å². The first-order valence-electron chi connectivity index (χ1n) is 9.97. The molecule has 4 rings (SSSR count). The molecule has 2 fully saturated rings. The third kappa shape index (κ3) is 4.62. The largest absolute Gasteiger partial charge is 0.324 e. The van der Waals surface area contributed by atoms with E-state index in [2.05, 4.69) is 15.6 Å². The van der Waals surface area contributed by atoms with Gasteiger partial charge >= 0.3 is 6.03 Å². The summed E-state index contributed by atoms with van der Waals surface area (Å²) in [6, 6.07) is 11.5. The van der Waals surface area contributed by atoms with Gasteiger partial charge in [0.25, 0.3) is 0 Å². The van der Waals surface area contributed by atoms with E-state index < -0.39 is 0 Å². The Balaban J connectivity index is 1.28. The molecule has 2 aromatic rings. The number of urea groups is 1. The molecule has 7 nitrogen and oxygen atoms in total. The lowest BCUT2D eigenvalue weighted by molar-refractivity contribution is -0.125. The number of hydrogen-bond donors (Lipinski definition) is 2. The molecule has 1 aromatic heterocycles. The molecular weight excluding hydrogens is 368 g/mol. The van der Waals surface area contributed by atoms with Crippen LogP contribution in [0.1, 0.15) is 36.3 Å². The highest BCUT2D eigenvalue weighted by Crippen LogP contribution is 2.28. The van der Waals surface area contributed by atoms with Crippen LogP contribution in [0.2, 0.25) is 0 Å². The summed E-state index contributed by atoms with van der Waals surface area (Å²) in [4.78, 5) is 41.5. The van der Waals surface area contributed by atoms with Gasteiger partial charge in [-0.25, -0.2) is 4.79 Å². The first-order valence-corrected chi connectivity index (χ1v) is 9.97. The van der Waals surface area contributed by atoms with Gasteiger partial charge in [-0.05, 0) is 60.6 Å². The van der Waals surface area contributed by atoms with Crippen molar-refractivity contribution in [1.29, 1.82) is 0 Å². The van der Waals surface area contributed by atoms with Crippen molar-refractivity contribution in [2.75, 3.05) is 18.4 Å². The van der Waals surface area contributed by atoms with Crippen molar-refractivity contribution in [1.82, 2.24) is 15.2 Å². The number of imide groups is 1. The fourth-order valence-electron chi connectivity index (χ4n) is 4.03. The highest BCUT2D eigenvalue weighted by molar-refractivity contribution is 6.03. The monoisotopic (exact) mass is 392 g/mol. The third-order valence-corrected chi connectivity index (χ3v) is 5.71. The number of hydrogen-bond acceptors (Lipinski definition) is 4. The molecule has 2 saturated heterocycles. The lowest BCUT2D eigenvalue weighted by atomic mass is 9.90. The second-order valence-corrected chi connectivity index (χ2v) is 7.69. The minimum absolute atomic E-state index is 0.0910. The minimum Gasteiger partial charge on any atom is -0.324 e. The van der Waals surface area contributed by atoms with Gasteiger partial charge < -0.3 is 10.2 Å². The molecule has 29 heavy (non-hydrogen) atoms. The fraction of sp³-hybridized carbons (Fsp3) is 0.364. The van der Waals surface area contributed by atoms with Crippen molar-refractivity contribution < 1.29 is 14.4 Å². The molecule has 7 heteroatoms. The quantitative estimate of drug-likeness (QED) is 0.783. The summed E-state index contributed by atoms with van der Waals surface area (Å²) in [6.45, 7) is 1.45. The number of likely N-dealkylation sites (tertiary alicyclic amines) is 1. The molecule has 1 atom stereocenters. The Morgan fingerprint density at radius 3 is 2.38 bits per heavy atom. The maximum absolute atomic E-state index is 12.6. The Kier molecular flexibility index (Phi) is 5.55. The minimum atomic E-state index is -0.301. The zero-order valence-electron chi connectivity index (χ0n) is 16.1. The average molecular weight is 392 g/mol. The molecule has 0 spiro atoms.